The summed E-state index contributed by atoms with van der Waals surface area (Å²) < 4.78 is 40.1. The van der Waals surface area contributed by atoms with Crippen molar-refractivity contribution in [2.45, 2.75) is 6.36 Å². The Bertz CT molecular complexity index is 1100. The number of hydrogen-bond acceptors (Lipinski definition) is 4. The fraction of sp³-hybridized carbons (Fsp3) is 0.0435. The summed E-state index contributed by atoms with van der Waals surface area (Å²) in [5.74, 6) is 5.69. The fourth-order valence-corrected chi connectivity index (χ4v) is 2.33. The van der Waals surface area contributed by atoms with E-state index in [1.54, 1.807) is 12.1 Å². The van der Waals surface area contributed by atoms with E-state index in [9.17, 15) is 18.0 Å². The molecule has 0 heterocycles. The van der Waals surface area contributed by atoms with Crippen molar-refractivity contribution in [1.29, 1.82) is 0 Å². The summed E-state index contributed by atoms with van der Waals surface area (Å²) in [5, 5.41) is 5.91. The first kappa shape index (κ1) is 21.5. The maximum Gasteiger partial charge on any atom is 0.573 e. The highest BCUT2D eigenvalue weighted by Crippen LogP contribution is 2.23. The molecule has 3 rings (SSSR count). The van der Waals surface area contributed by atoms with Crippen LogP contribution < -0.4 is 10.1 Å². The van der Waals surface area contributed by atoms with Gasteiger partial charge in [0, 0.05) is 16.8 Å². The van der Waals surface area contributed by atoms with Crippen LogP contribution in [0.1, 0.15) is 16.7 Å². The summed E-state index contributed by atoms with van der Waals surface area (Å²) in [4.78, 5) is 16.4. The van der Waals surface area contributed by atoms with E-state index in [0.29, 0.717) is 5.56 Å². The number of amides is 1. The van der Waals surface area contributed by atoms with Crippen LogP contribution in [0.15, 0.2) is 84.0 Å². The molecule has 0 atom stereocenters. The van der Waals surface area contributed by atoms with Crippen LogP contribution >= 0.6 is 0 Å². The van der Waals surface area contributed by atoms with Crippen LogP contribution in [0.3, 0.4) is 0 Å². The highest BCUT2D eigenvalue weighted by molar-refractivity contribution is 5.86. The lowest BCUT2D eigenvalue weighted by molar-refractivity contribution is -0.274. The molecule has 0 aromatic heterocycles. The minimum atomic E-state index is -4.78. The second-order valence-electron chi connectivity index (χ2n) is 6.05. The number of halogens is 3. The zero-order valence-electron chi connectivity index (χ0n) is 15.9. The summed E-state index contributed by atoms with van der Waals surface area (Å²) in [6.07, 6.45) is -4.34. The van der Waals surface area contributed by atoms with Gasteiger partial charge in [-0.3, -0.25) is 10.2 Å². The molecular weight excluding hydrogens is 409 g/mol. The second-order valence-corrected chi connectivity index (χ2v) is 6.05. The largest absolute Gasteiger partial charge is 0.573 e. The molecular formula is C23H15F3N2O3. The van der Waals surface area contributed by atoms with Crippen molar-refractivity contribution < 1.29 is 27.5 Å². The highest BCUT2D eigenvalue weighted by Gasteiger charge is 2.30. The van der Waals surface area contributed by atoms with Gasteiger partial charge in [-0.25, -0.2) is 4.79 Å². The fourth-order valence-electron chi connectivity index (χ4n) is 2.33. The van der Waals surface area contributed by atoms with Crippen molar-refractivity contribution in [1.82, 2.24) is 0 Å². The summed E-state index contributed by atoms with van der Waals surface area (Å²) >= 11 is 0. The Kier molecular flexibility index (Phi) is 6.91. The Morgan fingerprint density at radius 2 is 1.48 bits per heavy atom. The first-order chi connectivity index (χ1) is 14.9. The number of anilines is 1. The van der Waals surface area contributed by atoms with Gasteiger partial charge in [0.15, 0.2) is 0 Å². The molecule has 0 aliphatic heterocycles. The maximum absolute atomic E-state index is 12.1. The molecule has 0 saturated carbocycles. The number of rotatable bonds is 4. The highest BCUT2D eigenvalue weighted by atomic mass is 19.4. The minimum absolute atomic E-state index is 0.219. The van der Waals surface area contributed by atoms with E-state index < -0.39 is 18.2 Å². The molecule has 0 spiro atoms. The summed E-state index contributed by atoms with van der Waals surface area (Å²) in [7, 11) is 0. The van der Waals surface area contributed by atoms with Crippen molar-refractivity contribution in [3.05, 3.63) is 95.6 Å². The third-order valence-electron chi connectivity index (χ3n) is 3.71. The zero-order chi connectivity index (χ0) is 22.1. The lowest BCUT2D eigenvalue weighted by atomic mass is 10.1. The molecule has 3 aromatic carbocycles. The van der Waals surface area contributed by atoms with Crippen LogP contribution in [0.25, 0.3) is 0 Å². The molecule has 31 heavy (non-hydrogen) atoms. The van der Waals surface area contributed by atoms with E-state index in [0.717, 1.165) is 23.3 Å². The summed E-state index contributed by atoms with van der Waals surface area (Å²) in [6.45, 7) is 0. The molecule has 1 N–H and O–H groups in total. The zero-order valence-corrected chi connectivity index (χ0v) is 15.9. The average Bonchev–Trinajstić information content (AvgIpc) is 2.74. The van der Waals surface area contributed by atoms with Crippen molar-refractivity contribution in [3.63, 3.8) is 0 Å². The molecule has 0 aliphatic carbocycles. The van der Waals surface area contributed by atoms with E-state index in [1.807, 2.05) is 42.5 Å². The number of nitrogens with zero attached hydrogens (tertiary/aromatic N) is 1. The van der Waals surface area contributed by atoms with E-state index in [-0.39, 0.29) is 5.69 Å². The number of alkyl halides is 3. The standard InChI is InChI=1S/C23H15F3N2O3/c24-23(25,26)30-21-14-12-20(13-15-21)28-22(29)31-27-16-19-10-8-18(9-11-19)7-6-17-4-2-1-3-5-17/h1-5,8-16H,(H,28,29)/b27-16-. The molecule has 5 nitrogen and oxygen atoms in total. The predicted octanol–water partition coefficient (Wildman–Crippen LogP) is 5.57. The van der Waals surface area contributed by atoms with Gasteiger partial charge in [0.25, 0.3) is 0 Å². The first-order valence-corrected chi connectivity index (χ1v) is 8.92. The maximum atomic E-state index is 12.1. The molecule has 3 aromatic rings. The minimum Gasteiger partial charge on any atom is -0.406 e. The van der Waals surface area contributed by atoms with Gasteiger partial charge < -0.3 is 4.74 Å². The van der Waals surface area contributed by atoms with E-state index in [1.165, 1.54) is 18.3 Å². The number of ether oxygens (including phenoxy) is 1. The summed E-state index contributed by atoms with van der Waals surface area (Å²) in [5.41, 5.74) is 2.63. The van der Waals surface area contributed by atoms with Crippen molar-refractivity contribution in [2.24, 2.45) is 5.16 Å². The van der Waals surface area contributed by atoms with Gasteiger partial charge in [0.2, 0.25) is 0 Å². The van der Waals surface area contributed by atoms with Gasteiger partial charge in [-0.2, -0.15) is 0 Å². The Morgan fingerprint density at radius 1 is 0.871 bits per heavy atom. The van der Waals surface area contributed by atoms with Crippen molar-refractivity contribution in [3.8, 4) is 17.6 Å². The molecule has 8 heteroatoms. The quantitative estimate of drug-likeness (QED) is 0.258. The van der Waals surface area contributed by atoms with E-state index in [2.05, 4.69) is 31.9 Å². The van der Waals surface area contributed by atoms with Crippen LogP contribution in [0.4, 0.5) is 23.7 Å². The lowest BCUT2D eigenvalue weighted by Gasteiger charge is -2.09. The van der Waals surface area contributed by atoms with Crippen LogP contribution in [-0.4, -0.2) is 18.7 Å². The normalized spacial score (nSPS) is 10.8. The van der Waals surface area contributed by atoms with Gasteiger partial charge in [-0.1, -0.05) is 47.3 Å². The molecule has 0 unspecified atom stereocenters. The van der Waals surface area contributed by atoms with E-state index >= 15 is 0 Å². The molecule has 1 amide bonds. The number of oxime groups is 1. The number of nitrogens with one attached hydrogen (secondary N) is 1. The number of carbonyl (C=O) groups excluding carboxylic acids is 1. The average molecular weight is 424 g/mol. The van der Waals surface area contributed by atoms with Crippen LogP contribution in [0.2, 0.25) is 0 Å². The third-order valence-corrected chi connectivity index (χ3v) is 3.71. The third kappa shape index (κ3) is 7.59. The molecule has 156 valence electrons. The van der Waals surface area contributed by atoms with Crippen molar-refractivity contribution >= 4 is 18.0 Å². The van der Waals surface area contributed by atoms with Gasteiger partial charge in [0.1, 0.15) is 5.75 Å². The van der Waals surface area contributed by atoms with Gasteiger partial charge >= 0.3 is 12.5 Å². The van der Waals surface area contributed by atoms with Crippen LogP contribution in [0.5, 0.6) is 5.75 Å². The monoisotopic (exact) mass is 424 g/mol. The SMILES string of the molecule is O=C(Nc1ccc(OC(F)(F)F)cc1)O/N=C\c1ccc(C#Cc2ccccc2)cc1. The topological polar surface area (TPSA) is 59.9 Å². The number of hydrogen-bond donors (Lipinski definition) is 1. The lowest BCUT2D eigenvalue weighted by Crippen LogP contribution is -2.17. The molecule has 0 aliphatic rings. The number of carbonyl (C=O) groups is 1. The Balaban J connectivity index is 1.49. The predicted molar refractivity (Wildman–Crippen MR) is 110 cm³/mol. The summed E-state index contributed by atoms with van der Waals surface area (Å²) in [6, 6.07) is 21.3. The van der Waals surface area contributed by atoms with Crippen LogP contribution in [0, 0.1) is 11.8 Å². The Labute approximate surface area is 176 Å². The molecule has 0 fully saturated rings. The van der Waals surface area contributed by atoms with Gasteiger partial charge in [-0.15, -0.1) is 13.2 Å². The first-order valence-electron chi connectivity index (χ1n) is 8.92. The molecule has 0 bridgehead atoms. The van der Waals surface area contributed by atoms with Gasteiger partial charge in [-0.05, 0) is 54.1 Å². The second kappa shape index (κ2) is 9.98. The van der Waals surface area contributed by atoms with Crippen LogP contribution in [-0.2, 0) is 4.84 Å². The number of benzene rings is 3. The molecule has 0 saturated heterocycles. The van der Waals surface area contributed by atoms with Crippen molar-refractivity contribution in [2.75, 3.05) is 5.32 Å². The van der Waals surface area contributed by atoms with E-state index in [4.69, 9.17) is 0 Å². The smallest absolute Gasteiger partial charge is 0.406 e. The molecule has 0 radical (unpaired) electrons. The Hall–Kier alpha value is -4.25. The Morgan fingerprint density at radius 3 is 2.10 bits per heavy atom. The van der Waals surface area contributed by atoms with Gasteiger partial charge in [0.05, 0.1) is 6.21 Å².